The molecule has 7 aromatic carbocycles. The first-order chi connectivity index (χ1) is 50.8. The van der Waals surface area contributed by atoms with Crippen molar-refractivity contribution in [3.05, 3.63) is 269 Å². The van der Waals surface area contributed by atoms with E-state index in [2.05, 4.69) is 156 Å². The molecule has 106 heavy (non-hydrogen) atoms. The van der Waals surface area contributed by atoms with Crippen molar-refractivity contribution in [2.45, 2.75) is 27.7 Å². The number of aromatic nitrogens is 10. The van der Waals surface area contributed by atoms with Crippen LogP contribution >= 0.6 is 73.1 Å². The number of rotatable bonds is 4. The number of carbonyl (C=O) groups excluding carboxylic acids is 3. The molecule has 26 heteroatoms. The molecule has 0 radical (unpaired) electrons. The highest BCUT2D eigenvalue weighted by atomic mass is 127. The normalized spacial score (nSPS) is 10.8. The number of oxime groups is 1. The van der Waals surface area contributed by atoms with Gasteiger partial charge in [-0.15, -0.1) is 0 Å². The predicted molar refractivity (Wildman–Crippen MR) is 451 cm³/mol. The zero-order valence-corrected chi connectivity index (χ0v) is 66.0. The first kappa shape index (κ1) is 81.3. The van der Waals surface area contributed by atoms with Crippen molar-refractivity contribution < 1.29 is 30.8 Å². The Morgan fingerprint density at radius 2 is 0.887 bits per heavy atom. The summed E-state index contributed by atoms with van der Waals surface area (Å²) in [7, 11) is 12.0. The Bertz CT molecular complexity index is 6030. The minimum atomic E-state index is -3.22. The van der Waals surface area contributed by atoms with Crippen LogP contribution in [0.2, 0.25) is 5.15 Å². The van der Waals surface area contributed by atoms with Gasteiger partial charge in [-0.3, -0.25) is 28.7 Å². The number of halogens is 5. The SMILES string of the molecule is C/C(=N\O)c1cn(C)c2ccccc12.CC(=O)Nc1cn(C)c2ccccc12.CC(=O)c1c[nH]c2ccccc12.CC(=O)c1cn(C)c2ccccc12.CI.Cn1c2ccccc2c2[nH]c(=O)ccc21.Cn1c2ccccc2c2nc(Cl)ccc21.Cn1c2ccccc2c2ncccc21.NO.O=P(Cl)(Cl)Cl.[HH]. The van der Waals surface area contributed by atoms with Gasteiger partial charge in [-0.05, 0) is 132 Å². The number of pyridine rings is 3. The Morgan fingerprint density at radius 3 is 1.42 bits per heavy atom. The topological polar surface area (TPSA) is 263 Å². The zero-order valence-electron chi connectivity index (χ0n) is 59.9. The Kier molecular flexibility index (Phi) is 28.8. The third-order valence-electron chi connectivity index (χ3n) is 17.1. The van der Waals surface area contributed by atoms with Gasteiger partial charge in [0.1, 0.15) is 5.15 Å². The number of nitrogens with one attached hydrogen (secondary N) is 3. The summed E-state index contributed by atoms with van der Waals surface area (Å²) < 4.78 is 21.9. The van der Waals surface area contributed by atoms with Crippen molar-refractivity contribution in [2.24, 2.45) is 53.3 Å². The summed E-state index contributed by atoms with van der Waals surface area (Å²) in [5.74, 6) is 3.69. The Morgan fingerprint density at radius 1 is 0.491 bits per heavy atom. The van der Waals surface area contributed by atoms with Gasteiger partial charge in [-0.1, -0.05) is 167 Å². The maximum Gasteiger partial charge on any atom is 0.339 e. The molecule has 7 N–H and O–H groups in total. The molecular formula is C80H81Cl4IN13O7P. The van der Waals surface area contributed by atoms with Crippen LogP contribution in [-0.4, -0.2) is 85.9 Å². The summed E-state index contributed by atoms with van der Waals surface area (Å²) in [5.41, 5.74) is 18.3. The van der Waals surface area contributed by atoms with Crippen LogP contribution < -0.4 is 16.8 Å². The average molecular weight is 1640 g/mol. The van der Waals surface area contributed by atoms with Crippen LogP contribution in [0.1, 0.15) is 55.4 Å². The smallest absolute Gasteiger partial charge is 0.339 e. The number of aryl methyl sites for hydroxylation is 6. The van der Waals surface area contributed by atoms with Gasteiger partial charge < -0.3 is 53.1 Å². The molecule has 0 aliphatic carbocycles. The summed E-state index contributed by atoms with van der Waals surface area (Å²) in [6.45, 7) is 6.49. The summed E-state index contributed by atoms with van der Waals surface area (Å²) in [4.78, 5) is 61.3. The Hall–Kier alpha value is -10.3. The first-order valence-corrected chi connectivity index (χ1v) is 39.6. The number of nitrogens with zero attached hydrogens (tertiary/aromatic N) is 9. The third-order valence-corrected chi connectivity index (χ3v) is 17.3. The van der Waals surface area contributed by atoms with Crippen LogP contribution in [0.25, 0.3) is 109 Å². The van der Waals surface area contributed by atoms with E-state index in [1.54, 1.807) is 33.0 Å². The molecule has 17 rings (SSSR count). The van der Waals surface area contributed by atoms with E-state index < -0.39 is 5.20 Å². The standard InChI is InChI=1S/C12H9ClN2.C12H10N2O.C12H10N2.2C11H12N2O.C11H11NO.C10H9NO.CH3I.Cl3OP.H3NO.H2/c1-15-9-5-3-2-4-8(9)12-10(15)6-7-11(13)14-12;1-14-9-5-3-2-4-8(9)12-10(14)6-7-11(15)13-12;1-14-10-6-3-2-5-9(10)12-11(14)7-4-8-13-12;1-8(14)12-10-7-13(2)11-6-4-3-5-9(10)11;1-8(12-14)10-7-13(2)11-6-4-3-5-9(10)11;1-8(13)10-7-12(2)11-6-4-3-5-9(10)11;1-7(12)9-6-11-10-5-3-2-4-8(9)10;1-2;1-5(2,3)4;1-2;/h2-7H,1H3;2-7H,1H3,(H,13,15);2-8H,1H3;3-7H,1-2H3,(H,12,14);3-7,14H,1-2H3;3-7H,1-2H3;2-6,11H,1H3;1H3;;2H,1H2;1H/b;;;;12-8+;;;;;;. The maximum atomic E-state index is 11.3. The van der Waals surface area contributed by atoms with Gasteiger partial charge in [0.05, 0.1) is 61.0 Å². The number of benzene rings is 7. The van der Waals surface area contributed by atoms with E-state index in [0.29, 0.717) is 10.9 Å². The second kappa shape index (κ2) is 37.6. The van der Waals surface area contributed by atoms with E-state index in [1.165, 1.54) is 28.9 Å². The van der Waals surface area contributed by atoms with Crippen molar-refractivity contribution in [3.63, 3.8) is 0 Å². The molecular weight excluding hydrogens is 1550 g/mol. The van der Waals surface area contributed by atoms with Crippen LogP contribution in [0.5, 0.6) is 0 Å². The summed E-state index contributed by atoms with van der Waals surface area (Å²) in [5, 5.41) is 26.3. The molecule has 20 nitrogen and oxygen atoms in total. The minimum absolute atomic E-state index is 0. The fraction of sp³-hybridized carbons (Fsp3) is 0.138. The largest absolute Gasteiger partial charge is 0.411 e. The molecule has 0 bridgehead atoms. The number of hydrogen-bond donors (Lipinski definition) is 6. The number of anilines is 1. The van der Waals surface area contributed by atoms with E-state index in [0.717, 1.165) is 110 Å². The lowest BCUT2D eigenvalue weighted by atomic mass is 10.1. The summed E-state index contributed by atoms with van der Waals surface area (Å²) in [6.07, 6.45) is 9.38. The van der Waals surface area contributed by atoms with Gasteiger partial charge >= 0.3 is 5.20 Å². The number of aromatic amines is 2. The van der Waals surface area contributed by atoms with E-state index in [4.69, 9.17) is 22.0 Å². The van der Waals surface area contributed by atoms with Crippen LogP contribution in [0.4, 0.5) is 5.69 Å². The molecule has 0 aliphatic heterocycles. The molecule has 0 unspecified atom stereocenters. The van der Waals surface area contributed by atoms with Gasteiger partial charge in [-0.2, -0.15) is 0 Å². The van der Waals surface area contributed by atoms with E-state index >= 15 is 0 Å². The summed E-state index contributed by atoms with van der Waals surface area (Å²) >= 11 is 21.9. The van der Waals surface area contributed by atoms with Gasteiger partial charge in [0.2, 0.25) is 11.5 Å². The highest BCUT2D eigenvalue weighted by molar-refractivity contribution is 14.1. The first-order valence-electron chi connectivity index (χ1n) is 32.7. The Labute approximate surface area is 645 Å². The lowest BCUT2D eigenvalue weighted by molar-refractivity contribution is -0.114. The fourth-order valence-corrected chi connectivity index (χ4v) is 12.5. The van der Waals surface area contributed by atoms with Gasteiger partial charge in [0.25, 0.3) is 0 Å². The average Bonchev–Trinajstić information content (AvgIpc) is 1.61. The number of amides is 1. The monoisotopic (exact) mass is 1630 g/mol. The van der Waals surface area contributed by atoms with Crippen molar-refractivity contribution in [1.29, 1.82) is 0 Å². The number of ketones is 2. The molecule has 0 saturated carbocycles. The number of alkyl halides is 1. The number of fused-ring (bicyclic) bond motifs is 13. The zero-order chi connectivity index (χ0) is 77.1. The van der Waals surface area contributed by atoms with E-state index in [1.807, 2.05) is 236 Å². The predicted octanol–water partition coefficient (Wildman–Crippen LogP) is 20.8. The minimum Gasteiger partial charge on any atom is -0.411 e. The highest BCUT2D eigenvalue weighted by Gasteiger charge is 2.14. The van der Waals surface area contributed by atoms with Crippen molar-refractivity contribution >= 4 is 211 Å². The number of H-pyrrole nitrogens is 2. The molecule has 0 saturated heterocycles. The number of hydrogen-bond acceptors (Lipinski definition) is 11. The van der Waals surface area contributed by atoms with Gasteiger partial charge in [0, 0.05) is 164 Å². The fourth-order valence-electron chi connectivity index (χ4n) is 12.3. The van der Waals surface area contributed by atoms with Crippen molar-refractivity contribution in [2.75, 3.05) is 10.2 Å². The molecule has 0 fully saturated rings. The molecule has 0 spiro atoms. The quantitative estimate of drug-likeness (QED) is 0.0142. The lowest BCUT2D eigenvalue weighted by Gasteiger charge is -1.97. The number of carbonyl (C=O) groups is 3. The second-order valence-electron chi connectivity index (χ2n) is 23.8. The van der Waals surface area contributed by atoms with Gasteiger partial charge in [0.15, 0.2) is 11.6 Å². The second-order valence-corrected chi connectivity index (χ2v) is 30.8. The van der Waals surface area contributed by atoms with Crippen LogP contribution in [0.3, 0.4) is 0 Å². The third kappa shape index (κ3) is 19.6. The van der Waals surface area contributed by atoms with Crippen molar-refractivity contribution in [3.8, 4) is 0 Å². The highest BCUT2D eigenvalue weighted by Crippen LogP contribution is 2.61. The molecule has 10 heterocycles. The van der Waals surface area contributed by atoms with Gasteiger partial charge in [-0.25, -0.2) is 10.9 Å². The number of Topliss-reactive ketones (excluding diaryl/α,β-unsaturated/α-hetero) is 2. The maximum absolute atomic E-state index is 11.3. The van der Waals surface area contributed by atoms with Crippen LogP contribution in [-0.2, 0) is 51.6 Å². The molecule has 10 aromatic heterocycles. The number of nitrogens with two attached hydrogens (primary N) is 1. The lowest BCUT2D eigenvalue weighted by Crippen LogP contribution is -2.04. The van der Waals surface area contributed by atoms with Crippen LogP contribution in [0, 0.1) is 0 Å². The van der Waals surface area contributed by atoms with E-state index in [9.17, 15) is 23.7 Å². The van der Waals surface area contributed by atoms with E-state index in [-0.39, 0.29) is 24.5 Å². The molecule has 17 aromatic rings. The summed E-state index contributed by atoms with van der Waals surface area (Å²) in [6, 6.07) is 67.7. The molecule has 0 atom stereocenters. The Balaban J connectivity index is 0.000000171. The molecule has 1 amide bonds. The van der Waals surface area contributed by atoms with Crippen LogP contribution in [0.15, 0.2) is 247 Å². The molecule has 0 aliphatic rings. The molecule has 548 valence electrons. The number of para-hydroxylation sites is 7. The van der Waals surface area contributed by atoms with Crippen molar-refractivity contribution in [1.82, 2.24) is 47.3 Å².